The van der Waals surface area contributed by atoms with E-state index in [2.05, 4.69) is 63.1 Å². The van der Waals surface area contributed by atoms with Crippen LogP contribution in [0.15, 0.2) is 34.6 Å². The number of allylic oxidation sites excluding steroid dienone is 1. The maximum absolute atomic E-state index is 13.9. The van der Waals surface area contributed by atoms with Gasteiger partial charge in [-0.1, -0.05) is 0 Å². The molecule has 3 fully saturated rings. The van der Waals surface area contributed by atoms with Gasteiger partial charge in [0, 0.05) is 0 Å². The Morgan fingerprint density at radius 1 is 1.37 bits per heavy atom. The van der Waals surface area contributed by atoms with Crippen molar-refractivity contribution in [3.05, 3.63) is 45.7 Å². The number of hydrogen-bond donors (Lipinski definition) is 2. The second-order valence-corrected chi connectivity index (χ2v) is 16.9. The number of halogens is 2. The Labute approximate surface area is 242 Å². The molecule has 6 nitrogen and oxygen atoms in total. The Morgan fingerprint density at radius 3 is 2.80 bits per heavy atom. The number of fused-ring (bicyclic) bond motifs is 2. The normalized spacial score (nSPS) is 28.9. The van der Waals surface area contributed by atoms with Crippen molar-refractivity contribution < 1.29 is 30.8 Å². The maximum atomic E-state index is 13.9. The molecule has 4 aliphatic rings. The van der Waals surface area contributed by atoms with Crippen molar-refractivity contribution in [2.45, 2.75) is 76.4 Å². The van der Waals surface area contributed by atoms with E-state index in [1.54, 1.807) is 0 Å². The number of aryl methyl sites for hydroxylation is 1. The molecular weight excluding hydrogens is 722 g/mol. The fourth-order valence-electron chi connectivity index (χ4n) is 5.79. The molecule has 2 amide bonds. The van der Waals surface area contributed by atoms with E-state index < -0.39 is 0 Å². The van der Waals surface area contributed by atoms with Crippen molar-refractivity contribution in [3.63, 3.8) is 0 Å². The van der Waals surface area contributed by atoms with E-state index in [-0.39, 0.29) is 62.0 Å². The molecule has 1 aromatic carbocycles. The van der Waals surface area contributed by atoms with Crippen molar-refractivity contribution in [2.75, 3.05) is 8.98 Å². The van der Waals surface area contributed by atoms with Crippen LogP contribution in [0.4, 0.5) is 0 Å². The van der Waals surface area contributed by atoms with Crippen molar-refractivity contribution in [2.24, 2.45) is 17.1 Å². The molecule has 188 valence electrons. The fourth-order valence-corrected chi connectivity index (χ4v) is 11.4. The average molecular weight is 756 g/mol. The van der Waals surface area contributed by atoms with Crippen molar-refractivity contribution in [1.29, 1.82) is 0 Å². The number of nitrogens with zero attached hydrogens (tertiary/aromatic N) is 2. The summed E-state index contributed by atoms with van der Waals surface area (Å²) in [7, 11) is 0. The average Bonchev–Trinajstić information content (AvgIpc) is 3.64. The number of hydrogen-bond acceptors (Lipinski definition) is 4. The molecule has 0 bridgehead atoms. The first kappa shape index (κ1) is 26.2. The predicted octanol–water partition coefficient (Wildman–Crippen LogP) is -0.211. The molecule has 35 heavy (non-hydrogen) atoms. The van der Waals surface area contributed by atoms with Gasteiger partial charge in [0.2, 0.25) is 0 Å². The van der Waals surface area contributed by atoms with Crippen LogP contribution in [0.5, 0.6) is 0 Å². The zero-order valence-electron chi connectivity index (χ0n) is 20.7. The molecule has 4 atom stereocenters. The first-order chi connectivity index (χ1) is 16.5. The molecule has 1 saturated heterocycles. The fraction of sp³-hybridized carbons (Fsp3) is 0.615. The van der Waals surface area contributed by atoms with Gasteiger partial charge in [0.05, 0.1) is 0 Å². The van der Waals surface area contributed by atoms with Crippen LogP contribution < -0.4 is 32.3 Å². The standard InChI is InChI=1S/C26H34BrIN4O2.In/c1-25(2,3)22(30-13-19(29)15-4-5-15)24(34)32-14-28-12-20(32)23(33)31-21-11-26(21)9-8-16-10-17(27)6-7-18(16)26;/h6-7,10,13,15,20-22H,4-5,8-9,11-12,14,29H2,1-3H3,(H,31,33);/q-2;+1/b19-13-;/t20-,21?,22+,26?;/m0./s1. The summed E-state index contributed by atoms with van der Waals surface area (Å²) in [6.07, 6.45) is 7.48. The number of amides is 2. The molecule has 5 rings (SSSR count). The molecule has 3 aliphatic carbocycles. The molecular formula is C26H34BrIInN4O2-. The predicted molar refractivity (Wildman–Crippen MR) is 137 cm³/mol. The summed E-state index contributed by atoms with van der Waals surface area (Å²) in [6, 6.07) is 6.11. The van der Waals surface area contributed by atoms with Gasteiger partial charge in [0.1, 0.15) is 0 Å². The van der Waals surface area contributed by atoms with Crippen LogP contribution in [0.25, 0.3) is 0 Å². The molecule has 9 heteroatoms. The van der Waals surface area contributed by atoms with Crippen LogP contribution in [0.2, 0.25) is 0 Å². The van der Waals surface area contributed by atoms with Crippen molar-refractivity contribution >= 4 is 52.4 Å². The molecule has 1 aromatic rings. The molecule has 3 N–H and O–H groups in total. The third-order valence-electron chi connectivity index (χ3n) is 7.97. The number of alkyl halides is 2. The van der Waals surface area contributed by atoms with E-state index in [1.807, 2.05) is 11.1 Å². The first-order valence-corrected chi connectivity index (χ1v) is 17.8. The molecule has 0 aromatic heterocycles. The monoisotopic (exact) mass is 755 g/mol. The van der Waals surface area contributed by atoms with E-state index in [0.29, 0.717) is 5.92 Å². The van der Waals surface area contributed by atoms with Crippen molar-refractivity contribution in [3.8, 4) is 0 Å². The van der Waals surface area contributed by atoms with Gasteiger partial charge in [-0.3, -0.25) is 0 Å². The second kappa shape index (κ2) is 9.71. The minimum absolute atomic E-state index is 0.0443. The number of carbonyl (C=O) groups excluding carboxylic acids is 2. The number of carbonyl (C=O) groups is 2. The minimum atomic E-state index is -0.331. The van der Waals surface area contributed by atoms with Crippen molar-refractivity contribution in [1.82, 2.24) is 13.1 Å². The molecule has 1 aliphatic heterocycles. The summed E-state index contributed by atoms with van der Waals surface area (Å²) >= 11 is 4.19. The van der Waals surface area contributed by atoms with Crippen LogP contribution in [0, 0.1) is 11.3 Å². The van der Waals surface area contributed by atoms with Crippen LogP contribution in [-0.2, 0) is 21.4 Å². The Kier molecular flexibility index (Phi) is 7.27. The van der Waals surface area contributed by atoms with Gasteiger partial charge in [-0.25, -0.2) is 0 Å². The Balaban J connectivity index is 1.28. The summed E-state index contributed by atoms with van der Waals surface area (Å²) in [5, 5.41) is 3.37. The third kappa shape index (κ3) is 5.16. The van der Waals surface area contributed by atoms with Gasteiger partial charge < -0.3 is 0 Å². The van der Waals surface area contributed by atoms with E-state index in [0.717, 1.165) is 75.9 Å². The topological polar surface area (TPSA) is 78.7 Å². The quantitative estimate of drug-likeness (QED) is 0.240. The Hall–Kier alpha value is -0.420. The molecule has 2 radical (unpaired) electrons. The summed E-state index contributed by atoms with van der Waals surface area (Å²) in [6.45, 7) is 6.35. The van der Waals surface area contributed by atoms with E-state index in [9.17, 15) is 9.59 Å². The van der Waals surface area contributed by atoms with E-state index >= 15 is 0 Å². The zero-order chi connectivity index (χ0) is 25.1. The van der Waals surface area contributed by atoms with Gasteiger partial charge in [-0.15, -0.1) is 0 Å². The van der Waals surface area contributed by atoms with E-state index in [4.69, 9.17) is 5.73 Å². The number of nitrogens with two attached hydrogens (primary N) is 1. The molecule has 1 spiro atoms. The molecule has 2 saturated carbocycles. The SMILES string of the molecule is CC(C)(C)[C@@H](C(=O)N1C[I-]C[C@H]1C(=O)NC1CC12CCc1cc(Br)ccc12)[N]([In])/C=C(\N)C1CC1. The summed E-state index contributed by atoms with van der Waals surface area (Å²) in [4.78, 5) is 29.3. The van der Waals surface area contributed by atoms with Crippen LogP contribution in [0.3, 0.4) is 0 Å². The van der Waals surface area contributed by atoms with Gasteiger partial charge in [0.15, 0.2) is 0 Å². The van der Waals surface area contributed by atoms with E-state index in [1.165, 1.54) is 11.1 Å². The first-order valence-electron chi connectivity index (χ1n) is 12.4. The Morgan fingerprint density at radius 2 is 2.11 bits per heavy atom. The third-order valence-corrected chi connectivity index (χ3v) is 12.4. The van der Waals surface area contributed by atoms with Gasteiger partial charge in [-0.2, -0.15) is 0 Å². The van der Waals surface area contributed by atoms with Gasteiger partial charge in [0.25, 0.3) is 0 Å². The van der Waals surface area contributed by atoms with Crippen LogP contribution >= 0.6 is 15.9 Å². The number of nitrogens with one attached hydrogen (secondary N) is 1. The van der Waals surface area contributed by atoms with Gasteiger partial charge >= 0.3 is 244 Å². The van der Waals surface area contributed by atoms with Crippen LogP contribution in [0.1, 0.15) is 57.6 Å². The van der Waals surface area contributed by atoms with Gasteiger partial charge in [-0.05, 0) is 0 Å². The summed E-state index contributed by atoms with van der Waals surface area (Å²) in [5.41, 5.74) is 9.85. The zero-order valence-corrected chi connectivity index (χ0v) is 27.7. The molecule has 1 heterocycles. The molecule has 2 unspecified atom stereocenters. The summed E-state index contributed by atoms with van der Waals surface area (Å²) in [5.74, 6) is 0.608. The Bertz CT molecular complexity index is 1070. The number of rotatable bonds is 6. The summed E-state index contributed by atoms with van der Waals surface area (Å²) < 4.78 is 4.84. The second-order valence-electron chi connectivity index (χ2n) is 11.6. The van der Waals surface area contributed by atoms with Crippen LogP contribution in [-0.4, -0.2) is 71.4 Å². The number of benzene rings is 1.